The van der Waals surface area contributed by atoms with Gasteiger partial charge in [-0.25, -0.2) is 9.78 Å². The highest BCUT2D eigenvalue weighted by atomic mass is 35.5. The maximum Gasteiger partial charge on any atom is 0.357 e. The van der Waals surface area contributed by atoms with Gasteiger partial charge in [-0.3, -0.25) is 0 Å². The summed E-state index contributed by atoms with van der Waals surface area (Å²) in [6.45, 7) is 2.31. The number of ether oxygens (including phenoxy) is 2. The van der Waals surface area contributed by atoms with Crippen LogP contribution < -0.4 is 5.73 Å². The summed E-state index contributed by atoms with van der Waals surface area (Å²) in [6, 6.07) is 0. The highest BCUT2D eigenvalue weighted by molar-refractivity contribution is 6.43. The van der Waals surface area contributed by atoms with Gasteiger partial charge in [0.15, 0.2) is 10.8 Å². The van der Waals surface area contributed by atoms with Crippen molar-refractivity contribution in [2.24, 2.45) is 0 Å². The molecule has 0 spiro atoms. The molecular weight excluding hydrogens is 279 g/mol. The molecule has 0 fully saturated rings. The van der Waals surface area contributed by atoms with E-state index in [0.29, 0.717) is 12.2 Å². The first-order valence-electron chi connectivity index (χ1n) is 5.03. The second-order valence-electron chi connectivity index (χ2n) is 3.14. The molecule has 0 atom stereocenters. The minimum atomic E-state index is -0.656. The minimum Gasteiger partial charge on any atom is -0.501 e. The van der Waals surface area contributed by atoms with Gasteiger partial charge in [0.1, 0.15) is 5.02 Å². The van der Waals surface area contributed by atoms with Gasteiger partial charge >= 0.3 is 5.97 Å². The lowest BCUT2D eigenvalue weighted by atomic mass is 10.1. The quantitative estimate of drug-likeness (QED) is 0.524. The molecule has 18 heavy (non-hydrogen) atoms. The third-order valence-electron chi connectivity index (χ3n) is 2.05. The fourth-order valence-corrected chi connectivity index (χ4v) is 1.53. The van der Waals surface area contributed by atoms with Crippen LogP contribution in [0.4, 0.5) is 5.69 Å². The number of pyridine rings is 1. The number of carbonyl (C=O) groups is 1. The van der Waals surface area contributed by atoms with Gasteiger partial charge < -0.3 is 15.2 Å². The van der Waals surface area contributed by atoms with E-state index in [0.717, 1.165) is 0 Å². The summed E-state index contributed by atoms with van der Waals surface area (Å²) >= 11 is 11.6. The van der Waals surface area contributed by atoms with Crippen LogP contribution in [0.15, 0.2) is 6.26 Å². The van der Waals surface area contributed by atoms with E-state index < -0.39 is 5.97 Å². The molecule has 2 N–H and O–H groups in total. The van der Waals surface area contributed by atoms with Crippen molar-refractivity contribution in [3.05, 3.63) is 27.7 Å². The topological polar surface area (TPSA) is 74.4 Å². The average Bonchev–Trinajstić information content (AvgIpc) is 2.37. The van der Waals surface area contributed by atoms with Gasteiger partial charge in [0.05, 0.1) is 25.7 Å². The number of aromatic nitrogens is 1. The highest BCUT2D eigenvalue weighted by Crippen LogP contribution is 2.32. The smallest absolute Gasteiger partial charge is 0.357 e. The molecule has 0 amide bonds. The van der Waals surface area contributed by atoms with Gasteiger partial charge in [-0.2, -0.15) is 0 Å². The third-order valence-corrected chi connectivity index (χ3v) is 2.80. The zero-order valence-electron chi connectivity index (χ0n) is 9.87. The predicted octanol–water partition coefficient (Wildman–Crippen LogP) is 2.76. The number of nitrogens with zero attached hydrogens (tertiary/aromatic N) is 1. The van der Waals surface area contributed by atoms with Crippen molar-refractivity contribution in [3.63, 3.8) is 0 Å². The molecule has 0 aromatic carbocycles. The zero-order valence-corrected chi connectivity index (χ0v) is 11.4. The number of nitrogens with two attached hydrogens (primary N) is 1. The van der Waals surface area contributed by atoms with Crippen LogP contribution >= 0.6 is 23.2 Å². The Hall–Kier alpha value is -1.46. The number of hydrogen-bond donors (Lipinski definition) is 1. The van der Waals surface area contributed by atoms with E-state index in [1.165, 1.54) is 19.4 Å². The normalized spacial score (nSPS) is 10.7. The van der Waals surface area contributed by atoms with Gasteiger partial charge in [-0.05, 0) is 13.0 Å². The lowest BCUT2D eigenvalue weighted by Crippen LogP contribution is -2.10. The Morgan fingerprint density at radius 2 is 2.17 bits per heavy atom. The fourth-order valence-electron chi connectivity index (χ4n) is 1.20. The number of carbonyl (C=O) groups excluding carboxylic acids is 1. The first-order chi connectivity index (χ1) is 8.52. The molecule has 1 heterocycles. The number of halogens is 2. The van der Waals surface area contributed by atoms with Crippen molar-refractivity contribution in [3.8, 4) is 0 Å². The molecule has 98 valence electrons. The fraction of sp³-hybridized carbons (Fsp3) is 0.273. The Morgan fingerprint density at radius 3 is 2.72 bits per heavy atom. The molecule has 5 nitrogen and oxygen atoms in total. The maximum atomic E-state index is 11.6. The van der Waals surface area contributed by atoms with E-state index in [9.17, 15) is 4.79 Å². The van der Waals surface area contributed by atoms with Gasteiger partial charge in [0.2, 0.25) is 0 Å². The summed E-state index contributed by atoms with van der Waals surface area (Å²) in [4.78, 5) is 15.4. The summed E-state index contributed by atoms with van der Waals surface area (Å²) < 4.78 is 9.64. The Labute approximate surface area is 114 Å². The van der Waals surface area contributed by atoms with E-state index in [1.54, 1.807) is 0 Å². The van der Waals surface area contributed by atoms with Crippen LogP contribution in [0.5, 0.6) is 0 Å². The van der Waals surface area contributed by atoms with Crippen molar-refractivity contribution in [2.45, 2.75) is 6.92 Å². The van der Waals surface area contributed by atoms with Crippen LogP contribution in [0, 0.1) is 0 Å². The van der Waals surface area contributed by atoms with E-state index >= 15 is 0 Å². The monoisotopic (exact) mass is 290 g/mol. The molecule has 1 aromatic heterocycles. The average molecular weight is 291 g/mol. The summed E-state index contributed by atoms with van der Waals surface area (Å²) in [5.41, 5.74) is 6.23. The number of anilines is 1. The summed E-state index contributed by atoms with van der Waals surface area (Å²) in [5, 5.41) is 0.0311. The molecule has 0 aliphatic carbocycles. The van der Waals surface area contributed by atoms with Crippen molar-refractivity contribution < 1.29 is 14.3 Å². The van der Waals surface area contributed by atoms with E-state index in [1.807, 2.05) is 6.92 Å². The molecule has 0 aliphatic heterocycles. The molecule has 0 bridgehead atoms. The van der Waals surface area contributed by atoms with Gasteiger partial charge in [-0.1, -0.05) is 23.2 Å². The number of rotatable bonds is 4. The second kappa shape index (κ2) is 6.47. The van der Waals surface area contributed by atoms with Crippen LogP contribution in [0.3, 0.4) is 0 Å². The first kappa shape index (κ1) is 14.6. The molecule has 7 heteroatoms. The lowest BCUT2D eigenvalue weighted by molar-refractivity contribution is 0.0594. The molecule has 1 rings (SSSR count). The number of esters is 1. The van der Waals surface area contributed by atoms with Crippen LogP contribution in [0.25, 0.3) is 6.08 Å². The zero-order chi connectivity index (χ0) is 13.7. The molecule has 0 radical (unpaired) electrons. The summed E-state index contributed by atoms with van der Waals surface area (Å²) in [6.07, 6.45) is 2.88. The number of nitrogen functional groups attached to an aromatic ring is 1. The Balaban J connectivity index is 3.35. The van der Waals surface area contributed by atoms with Crippen molar-refractivity contribution >= 4 is 40.9 Å². The van der Waals surface area contributed by atoms with Gasteiger partial charge in [0.25, 0.3) is 0 Å². The van der Waals surface area contributed by atoms with Crippen molar-refractivity contribution in [2.75, 3.05) is 19.5 Å². The van der Waals surface area contributed by atoms with Crippen LogP contribution in [-0.2, 0) is 9.47 Å². The maximum absolute atomic E-state index is 11.6. The van der Waals surface area contributed by atoms with Crippen molar-refractivity contribution in [1.82, 2.24) is 4.98 Å². The molecule has 1 aromatic rings. The van der Waals surface area contributed by atoms with E-state index in [4.69, 9.17) is 33.7 Å². The molecule has 0 saturated heterocycles. The standard InChI is InChI=1S/C11H12Cl2N2O3/c1-3-18-5-4-6-8(14)7(12)10(13)15-9(6)11(16)17-2/h4-5H,3H2,1-2H3,(H2,14,15)/b5-4-. The van der Waals surface area contributed by atoms with Crippen LogP contribution in [-0.4, -0.2) is 24.7 Å². The second-order valence-corrected chi connectivity index (χ2v) is 3.88. The molecular formula is C11H12Cl2N2O3. The third kappa shape index (κ3) is 3.05. The summed E-state index contributed by atoms with van der Waals surface area (Å²) in [7, 11) is 1.23. The summed E-state index contributed by atoms with van der Waals surface area (Å²) in [5.74, 6) is -0.656. The molecule has 0 unspecified atom stereocenters. The Morgan fingerprint density at radius 1 is 1.50 bits per heavy atom. The lowest BCUT2D eigenvalue weighted by Gasteiger charge is -2.09. The van der Waals surface area contributed by atoms with E-state index in [2.05, 4.69) is 9.72 Å². The molecule has 0 aliphatic rings. The Bertz CT molecular complexity index is 490. The number of hydrogen-bond acceptors (Lipinski definition) is 5. The predicted molar refractivity (Wildman–Crippen MR) is 70.7 cm³/mol. The number of methoxy groups -OCH3 is 1. The minimum absolute atomic E-state index is 0.0136. The van der Waals surface area contributed by atoms with Gasteiger partial charge in [0, 0.05) is 5.56 Å². The molecule has 0 saturated carbocycles. The Kier molecular flexibility index (Phi) is 5.25. The van der Waals surface area contributed by atoms with Gasteiger partial charge in [-0.15, -0.1) is 0 Å². The SMILES string of the molecule is CCO/C=C\c1c(C(=O)OC)nc(Cl)c(Cl)c1N. The highest BCUT2D eigenvalue weighted by Gasteiger charge is 2.19. The van der Waals surface area contributed by atoms with E-state index in [-0.39, 0.29) is 21.6 Å². The largest absolute Gasteiger partial charge is 0.501 e. The van der Waals surface area contributed by atoms with Crippen LogP contribution in [0.2, 0.25) is 10.2 Å². The van der Waals surface area contributed by atoms with Crippen molar-refractivity contribution in [1.29, 1.82) is 0 Å². The first-order valence-corrected chi connectivity index (χ1v) is 5.79. The van der Waals surface area contributed by atoms with Crippen LogP contribution in [0.1, 0.15) is 23.0 Å².